The van der Waals surface area contributed by atoms with Crippen molar-refractivity contribution >= 4 is 5.69 Å². The highest BCUT2D eigenvalue weighted by atomic mass is 15.1. The molecular formula is C17H24N4. The molecule has 3 rings (SSSR count). The fourth-order valence-electron chi connectivity index (χ4n) is 2.87. The molecule has 1 fully saturated rings. The SMILES string of the molecule is CC(Cn1ccnc1)NCc1ccc(N2CCCC2)cc1. The Labute approximate surface area is 126 Å². The first kappa shape index (κ1) is 14.1. The second-order valence-electron chi connectivity index (χ2n) is 5.90. The summed E-state index contributed by atoms with van der Waals surface area (Å²) in [6, 6.07) is 9.42. The van der Waals surface area contributed by atoms with Crippen molar-refractivity contribution in [2.24, 2.45) is 0 Å². The smallest absolute Gasteiger partial charge is 0.0946 e. The molecule has 0 spiro atoms. The number of rotatable bonds is 6. The zero-order chi connectivity index (χ0) is 14.5. The molecule has 2 aromatic rings. The molecule has 1 aromatic carbocycles. The van der Waals surface area contributed by atoms with Crippen LogP contribution in [0.25, 0.3) is 0 Å². The van der Waals surface area contributed by atoms with Crippen LogP contribution in [-0.2, 0) is 13.1 Å². The van der Waals surface area contributed by atoms with Gasteiger partial charge in [0.15, 0.2) is 0 Å². The second kappa shape index (κ2) is 6.76. The van der Waals surface area contributed by atoms with E-state index in [1.807, 2.05) is 18.7 Å². The molecule has 1 unspecified atom stereocenters. The van der Waals surface area contributed by atoms with Gasteiger partial charge in [-0.15, -0.1) is 0 Å². The van der Waals surface area contributed by atoms with Gasteiger partial charge in [0, 0.05) is 50.3 Å². The Morgan fingerprint density at radius 2 is 1.95 bits per heavy atom. The normalized spacial score (nSPS) is 16.3. The van der Waals surface area contributed by atoms with Gasteiger partial charge in [-0.1, -0.05) is 12.1 Å². The van der Waals surface area contributed by atoms with Crippen LogP contribution in [0.15, 0.2) is 43.0 Å². The number of imidazole rings is 1. The van der Waals surface area contributed by atoms with Gasteiger partial charge in [-0.2, -0.15) is 0 Å². The lowest BCUT2D eigenvalue weighted by atomic mass is 10.2. The summed E-state index contributed by atoms with van der Waals surface area (Å²) in [6.07, 6.45) is 8.35. The van der Waals surface area contributed by atoms with Gasteiger partial charge in [0.1, 0.15) is 0 Å². The maximum atomic E-state index is 4.07. The molecule has 0 radical (unpaired) electrons. The summed E-state index contributed by atoms with van der Waals surface area (Å²) in [5.74, 6) is 0. The van der Waals surface area contributed by atoms with Crippen LogP contribution in [0.4, 0.5) is 5.69 Å². The van der Waals surface area contributed by atoms with Crippen molar-refractivity contribution in [2.45, 2.75) is 38.9 Å². The van der Waals surface area contributed by atoms with Gasteiger partial charge in [0.2, 0.25) is 0 Å². The molecule has 2 heterocycles. The van der Waals surface area contributed by atoms with Gasteiger partial charge in [-0.05, 0) is 37.5 Å². The van der Waals surface area contributed by atoms with E-state index < -0.39 is 0 Å². The van der Waals surface area contributed by atoms with Crippen LogP contribution >= 0.6 is 0 Å². The lowest BCUT2D eigenvalue weighted by Gasteiger charge is -2.18. The number of nitrogens with one attached hydrogen (secondary N) is 1. The maximum absolute atomic E-state index is 4.07. The van der Waals surface area contributed by atoms with Crippen molar-refractivity contribution < 1.29 is 0 Å². The van der Waals surface area contributed by atoms with Gasteiger partial charge >= 0.3 is 0 Å². The zero-order valence-corrected chi connectivity index (χ0v) is 12.7. The first-order chi connectivity index (χ1) is 10.3. The van der Waals surface area contributed by atoms with E-state index >= 15 is 0 Å². The van der Waals surface area contributed by atoms with Crippen molar-refractivity contribution in [3.63, 3.8) is 0 Å². The minimum Gasteiger partial charge on any atom is -0.372 e. The van der Waals surface area contributed by atoms with Crippen molar-refractivity contribution in [1.82, 2.24) is 14.9 Å². The molecule has 0 saturated carbocycles. The second-order valence-corrected chi connectivity index (χ2v) is 5.90. The molecular weight excluding hydrogens is 260 g/mol. The topological polar surface area (TPSA) is 33.1 Å². The molecule has 1 aliphatic heterocycles. The molecule has 4 heteroatoms. The lowest BCUT2D eigenvalue weighted by molar-refractivity contribution is 0.476. The van der Waals surface area contributed by atoms with Crippen LogP contribution < -0.4 is 10.2 Å². The van der Waals surface area contributed by atoms with Crippen LogP contribution in [0.1, 0.15) is 25.3 Å². The highest BCUT2D eigenvalue weighted by Crippen LogP contribution is 2.20. The average molecular weight is 284 g/mol. The van der Waals surface area contributed by atoms with E-state index in [-0.39, 0.29) is 0 Å². The third kappa shape index (κ3) is 3.85. The molecule has 0 bridgehead atoms. The highest BCUT2D eigenvalue weighted by molar-refractivity contribution is 5.48. The molecule has 1 aliphatic rings. The minimum absolute atomic E-state index is 0.428. The minimum atomic E-state index is 0.428. The molecule has 1 saturated heterocycles. The van der Waals surface area contributed by atoms with Crippen LogP contribution in [-0.4, -0.2) is 28.7 Å². The van der Waals surface area contributed by atoms with E-state index in [9.17, 15) is 0 Å². The van der Waals surface area contributed by atoms with Gasteiger partial charge in [-0.3, -0.25) is 0 Å². The number of nitrogens with zero attached hydrogens (tertiary/aromatic N) is 3. The first-order valence-corrected chi connectivity index (χ1v) is 7.84. The van der Waals surface area contributed by atoms with Crippen LogP contribution in [0.5, 0.6) is 0 Å². The predicted molar refractivity (Wildman–Crippen MR) is 86.4 cm³/mol. The van der Waals surface area contributed by atoms with E-state index in [0.717, 1.165) is 13.1 Å². The molecule has 21 heavy (non-hydrogen) atoms. The molecule has 112 valence electrons. The predicted octanol–water partition coefficient (Wildman–Crippen LogP) is 2.66. The third-order valence-corrected chi connectivity index (χ3v) is 4.11. The number of hydrogen-bond donors (Lipinski definition) is 1. The van der Waals surface area contributed by atoms with Crippen LogP contribution in [0.3, 0.4) is 0 Å². The Balaban J connectivity index is 1.48. The Bertz CT molecular complexity index is 526. The Hall–Kier alpha value is -1.81. The zero-order valence-electron chi connectivity index (χ0n) is 12.7. The molecule has 4 nitrogen and oxygen atoms in total. The third-order valence-electron chi connectivity index (χ3n) is 4.11. The van der Waals surface area contributed by atoms with Crippen molar-refractivity contribution in [3.05, 3.63) is 48.5 Å². The quantitative estimate of drug-likeness (QED) is 0.885. The fraction of sp³-hybridized carbons (Fsp3) is 0.471. The summed E-state index contributed by atoms with van der Waals surface area (Å²) in [5.41, 5.74) is 2.71. The summed E-state index contributed by atoms with van der Waals surface area (Å²) >= 11 is 0. The molecule has 1 atom stereocenters. The molecule has 1 aromatic heterocycles. The number of anilines is 1. The first-order valence-electron chi connectivity index (χ1n) is 7.84. The average Bonchev–Trinajstić information content (AvgIpc) is 3.19. The Kier molecular flexibility index (Phi) is 4.55. The van der Waals surface area contributed by atoms with Crippen molar-refractivity contribution in [2.75, 3.05) is 18.0 Å². The Morgan fingerprint density at radius 1 is 1.19 bits per heavy atom. The van der Waals surface area contributed by atoms with Gasteiger partial charge < -0.3 is 14.8 Å². The molecule has 1 N–H and O–H groups in total. The van der Waals surface area contributed by atoms with E-state index in [2.05, 4.69) is 51.0 Å². The molecule has 0 aliphatic carbocycles. The number of benzene rings is 1. The summed E-state index contributed by atoms with van der Waals surface area (Å²) in [4.78, 5) is 6.54. The highest BCUT2D eigenvalue weighted by Gasteiger charge is 2.11. The monoisotopic (exact) mass is 284 g/mol. The summed E-state index contributed by atoms with van der Waals surface area (Å²) in [5, 5.41) is 3.56. The van der Waals surface area contributed by atoms with Crippen molar-refractivity contribution in [3.8, 4) is 0 Å². The summed E-state index contributed by atoms with van der Waals surface area (Å²) in [7, 11) is 0. The van der Waals surface area contributed by atoms with E-state index in [1.54, 1.807) is 0 Å². The van der Waals surface area contributed by atoms with Gasteiger partial charge in [0.05, 0.1) is 6.33 Å². The fourth-order valence-corrected chi connectivity index (χ4v) is 2.87. The largest absolute Gasteiger partial charge is 0.372 e. The van der Waals surface area contributed by atoms with Gasteiger partial charge in [-0.25, -0.2) is 4.98 Å². The van der Waals surface area contributed by atoms with E-state index in [1.165, 1.54) is 37.2 Å². The Morgan fingerprint density at radius 3 is 2.62 bits per heavy atom. The standard InChI is InChI=1S/C17H24N4/c1-15(13-20-11-8-18-14-20)19-12-16-4-6-17(7-5-16)21-9-2-3-10-21/h4-8,11,14-15,19H,2-3,9-10,12-13H2,1H3. The number of aromatic nitrogens is 2. The molecule has 0 amide bonds. The van der Waals surface area contributed by atoms with E-state index in [4.69, 9.17) is 0 Å². The number of hydrogen-bond acceptors (Lipinski definition) is 3. The van der Waals surface area contributed by atoms with Gasteiger partial charge in [0.25, 0.3) is 0 Å². The van der Waals surface area contributed by atoms with Crippen LogP contribution in [0.2, 0.25) is 0 Å². The van der Waals surface area contributed by atoms with E-state index in [0.29, 0.717) is 6.04 Å². The lowest BCUT2D eigenvalue weighted by Crippen LogP contribution is -2.29. The summed E-state index contributed by atoms with van der Waals surface area (Å²) < 4.78 is 2.11. The van der Waals surface area contributed by atoms with Crippen LogP contribution in [0, 0.1) is 0 Å². The maximum Gasteiger partial charge on any atom is 0.0946 e. The van der Waals surface area contributed by atoms with Crippen molar-refractivity contribution in [1.29, 1.82) is 0 Å². The summed E-state index contributed by atoms with van der Waals surface area (Å²) in [6.45, 7) is 6.49.